The van der Waals surface area contributed by atoms with Gasteiger partial charge in [0.1, 0.15) is 10.0 Å². The fourth-order valence-electron chi connectivity index (χ4n) is 2.81. The van der Waals surface area contributed by atoms with E-state index in [-0.39, 0.29) is 24.2 Å². The predicted molar refractivity (Wildman–Crippen MR) is 91.0 cm³/mol. The van der Waals surface area contributed by atoms with Crippen LogP contribution in [0.2, 0.25) is 0 Å². The first-order valence-electron chi connectivity index (χ1n) is 7.99. The lowest BCUT2D eigenvalue weighted by molar-refractivity contribution is 0.0899. The summed E-state index contributed by atoms with van der Waals surface area (Å²) in [6.45, 7) is -0.0829. The topological polar surface area (TPSA) is 101 Å². The van der Waals surface area contributed by atoms with Crippen LogP contribution in [0.25, 0.3) is 11.3 Å². The van der Waals surface area contributed by atoms with Crippen molar-refractivity contribution >= 4 is 17.2 Å². The molecule has 0 spiro atoms. The van der Waals surface area contributed by atoms with E-state index in [9.17, 15) is 4.79 Å². The molecule has 128 valence electrons. The van der Waals surface area contributed by atoms with E-state index in [1.807, 2.05) is 30.3 Å². The molecule has 0 unspecified atom stereocenters. The summed E-state index contributed by atoms with van der Waals surface area (Å²) in [7, 11) is 0. The highest BCUT2D eigenvalue weighted by Gasteiger charge is 2.34. The number of carbonyl (C=O) groups excluding carboxylic acids is 1. The molecule has 2 N–H and O–H groups in total. The van der Waals surface area contributed by atoms with Gasteiger partial charge in [0.2, 0.25) is 0 Å². The van der Waals surface area contributed by atoms with Gasteiger partial charge in [-0.1, -0.05) is 46.8 Å². The van der Waals surface area contributed by atoms with Crippen LogP contribution in [0.1, 0.15) is 39.3 Å². The number of carbonyl (C=O) groups is 1. The largest absolute Gasteiger partial charge is 0.389 e. The molecule has 0 aliphatic heterocycles. The maximum Gasteiger partial charge on any atom is 0.273 e. The van der Waals surface area contributed by atoms with Gasteiger partial charge in [-0.2, -0.15) is 0 Å². The third-order valence-electron chi connectivity index (χ3n) is 4.24. The molecule has 7 nitrogen and oxygen atoms in total. The lowest BCUT2D eigenvalue weighted by Crippen LogP contribution is -2.43. The Morgan fingerprint density at radius 1 is 1.28 bits per heavy atom. The second-order valence-corrected chi connectivity index (χ2v) is 7.07. The van der Waals surface area contributed by atoms with Crippen molar-refractivity contribution in [2.75, 3.05) is 0 Å². The van der Waals surface area contributed by atoms with Crippen LogP contribution < -0.4 is 5.32 Å². The molecular weight excluding hydrogens is 340 g/mol. The second kappa shape index (κ2) is 6.73. The highest BCUT2D eigenvalue weighted by atomic mass is 32.1. The lowest BCUT2D eigenvalue weighted by atomic mass is 9.80. The zero-order valence-corrected chi connectivity index (χ0v) is 14.1. The van der Waals surface area contributed by atoms with E-state index < -0.39 is 0 Å². The van der Waals surface area contributed by atoms with Crippen LogP contribution in [0.4, 0.5) is 0 Å². The minimum atomic E-state index is -0.234. The molecule has 0 bridgehead atoms. The molecule has 0 saturated heterocycles. The minimum Gasteiger partial charge on any atom is -0.389 e. The summed E-state index contributed by atoms with van der Waals surface area (Å²) < 4.78 is 5.26. The van der Waals surface area contributed by atoms with Crippen molar-refractivity contribution in [1.82, 2.24) is 20.7 Å². The van der Waals surface area contributed by atoms with Crippen LogP contribution in [-0.4, -0.2) is 32.4 Å². The Bertz CT molecular complexity index is 871. The first-order valence-corrected chi connectivity index (χ1v) is 8.80. The molecule has 1 fully saturated rings. The number of nitrogens with zero attached hydrogens (tertiary/aromatic N) is 3. The summed E-state index contributed by atoms with van der Waals surface area (Å²) in [6.07, 6.45) is 1.63. The molecule has 1 aromatic carbocycles. The van der Waals surface area contributed by atoms with Gasteiger partial charge in [0, 0.05) is 23.6 Å². The number of hydrogen-bond acceptors (Lipinski definition) is 7. The van der Waals surface area contributed by atoms with Gasteiger partial charge in [0.05, 0.1) is 6.61 Å². The van der Waals surface area contributed by atoms with Gasteiger partial charge in [-0.3, -0.25) is 4.79 Å². The predicted octanol–water partition coefficient (Wildman–Crippen LogP) is 2.36. The fraction of sp³-hybridized carbons (Fsp3) is 0.294. The number of benzene rings is 1. The Balaban J connectivity index is 1.34. The van der Waals surface area contributed by atoms with Crippen LogP contribution in [0.3, 0.4) is 0 Å². The van der Waals surface area contributed by atoms with E-state index in [0.29, 0.717) is 16.7 Å². The van der Waals surface area contributed by atoms with Crippen molar-refractivity contribution in [2.45, 2.75) is 31.4 Å². The van der Waals surface area contributed by atoms with Crippen molar-refractivity contribution in [3.8, 4) is 11.3 Å². The molecule has 1 aliphatic carbocycles. The highest BCUT2D eigenvalue weighted by molar-refractivity contribution is 7.11. The van der Waals surface area contributed by atoms with Crippen LogP contribution in [0.5, 0.6) is 0 Å². The third-order valence-corrected chi connectivity index (χ3v) is 5.31. The van der Waals surface area contributed by atoms with Crippen molar-refractivity contribution in [3.63, 3.8) is 0 Å². The summed E-state index contributed by atoms with van der Waals surface area (Å²) in [5.74, 6) is 0.630. The van der Waals surface area contributed by atoms with E-state index in [1.54, 1.807) is 6.07 Å². The van der Waals surface area contributed by atoms with Crippen LogP contribution in [0.15, 0.2) is 40.9 Å². The van der Waals surface area contributed by atoms with Crippen molar-refractivity contribution in [1.29, 1.82) is 0 Å². The molecule has 1 aliphatic rings. The van der Waals surface area contributed by atoms with Gasteiger partial charge in [-0.05, 0) is 12.8 Å². The van der Waals surface area contributed by atoms with E-state index in [2.05, 4.69) is 20.7 Å². The molecular formula is C17H16N4O3S. The number of amides is 1. The summed E-state index contributed by atoms with van der Waals surface area (Å²) in [6, 6.07) is 11.3. The number of rotatable bonds is 5. The maximum absolute atomic E-state index is 12.3. The Morgan fingerprint density at radius 3 is 2.80 bits per heavy atom. The van der Waals surface area contributed by atoms with Gasteiger partial charge in [-0.25, -0.2) is 0 Å². The normalized spacial score (nSPS) is 19.4. The van der Waals surface area contributed by atoms with E-state index in [1.165, 1.54) is 11.3 Å². The summed E-state index contributed by atoms with van der Waals surface area (Å²) in [5, 5.41) is 25.4. The van der Waals surface area contributed by atoms with E-state index in [4.69, 9.17) is 9.63 Å². The standard InChI is InChI=1S/C17H16N4O3S/c22-9-15-19-20-17(25-15)11-6-12(7-11)18-16(23)13-8-14(24-21-13)10-4-2-1-3-5-10/h1-5,8,11-12,22H,6-7,9H2,(H,18,23). The van der Waals surface area contributed by atoms with Crippen LogP contribution >= 0.6 is 11.3 Å². The third kappa shape index (κ3) is 3.31. The molecule has 25 heavy (non-hydrogen) atoms. The average Bonchev–Trinajstić information content (AvgIpc) is 3.27. The lowest BCUT2D eigenvalue weighted by Gasteiger charge is -2.33. The molecule has 2 heterocycles. The van der Waals surface area contributed by atoms with Crippen molar-refractivity contribution in [2.24, 2.45) is 0 Å². The van der Waals surface area contributed by atoms with Gasteiger partial charge in [-0.15, -0.1) is 10.2 Å². The molecule has 1 saturated carbocycles. The first-order chi connectivity index (χ1) is 12.2. The Labute approximate surface area is 147 Å². The fourth-order valence-corrected chi connectivity index (χ4v) is 3.64. The average molecular weight is 356 g/mol. The summed E-state index contributed by atoms with van der Waals surface area (Å²) in [4.78, 5) is 12.3. The Kier molecular flexibility index (Phi) is 4.29. The summed E-state index contributed by atoms with van der Waals surface area (Å²) >= 11 is 1.42. The SMILES string of the molecule is O=C(NC1CC(c2nnc(CO)s2)C1)c1cc(-c2ccccc2)on1. The molecule has 0 atom stereocenters. The Hall–Kier alpha value is -2.58. The van der Waals surface area contributed by atoms with Crippen molar-refractivity contribution in [3.05, 3.63) is 52.1 Å². The number of aromatic nitrogens is 3. The first kappa shape index (κ1) is 15.9. The van der Waals surface area contributed by atoms with Gasteiger partial charge in [0.15, 0.2) is 11.5 Å². The van der Waals surface area contributed by atoms with Gasteiger partial charge >= 0.3 is 0 Å². The maximum atomic E-state index is 12.3. The quantitative estimate of drug-likeness (QED) is 0.728. The zero-order chi connectivity index (χ0) is 17.2. The number of aliphatic hydroxyl groups excluding tert-OH is 1. The van der Waals surface area contributed by atoms with Gasteiger partial charge < -0.3 is 14.9 Å². The molecule has 8 heteroatoms. The molecule has 2 aromatic heterocycles. The van der Waals surface area contributed by atoms with E-state index >= 15 is 0 Å². The molecule has 1 amide bonds. The molecule has 4 rings (SSSR count). The van der Waals surface area contributed by atoms with Crippen LogP contribution in [-0.2, 0) is 6.61 Å². The van der Waals surface area contributed by atoms with Crippen LogP contribution in [0, 0.1) is 0 Å². The smallest absolute Gasteiger partial charge is 0.273 e. The number of aliphatic hydroxyl groups is 1. The zero-order valence-electron chi connectivity index (χ0n) is 13.3. The summed E-state index contributed by atoms with van der Waals surface area (Å²) in [5.41, 5.74) is 1.16. The molecule has 3 aromatic rings. The minimum absolute atomic E-state index is 0.0829. The monoisotopic (exact) mass is 356 g/mol. The molecule has 0 radical (unpaired) electrons. The van der Waals surface area contributed by atoms with E-state index in [0.717, 1.165) is 23.4 Å². The highest BCUT2D eigenvalue weighted by Crippen LogP contribution is 2.38. The second-order valence-electron chi connectivity index (χ2n) is 5.97. The van der Waals surface area contributed by atoms with Crippen molar-refractivity contribution < 1.29 is 14.4 Å². The Morgan fingerprint density at radius 2 is 2.08 bits per heavy atom. The number of hydrogen-bond donors (Lipinski definition) is 2. The number of nitrogens with one attached hydrogen (secondary N) is 1. The van der Waals surface area contributed by atoms with Gasteiger partial charge in [0.25, 0.3) is 5.91 Å².